The second kappa shape index (κ2) is 18.2. The van der Waals surface area contributed by atoms with E-state index in [1.54, 1.807) is 14.2 Å². The molecule has 1 aromatic carbocycles. The van der Waals surface area contributed by atoms with Crippen molar-refractivity contribution in [3.05, 3.63) is 29.3 Å². The Bertz CT molecular complexity index is 883. The smallest absolute Gasteiger partial charge is 0.407 e. The largest absolute Gasteiger partial charge is 0.496 e. The first kappa shape index (κ1) is 35.7. The molecule has 0 fully saturated rings. The standard InChI is InChI=1S/C32H56N2O6/c1-10-11-16-33-30(36)23(4)18-28(35)27(34-31(37)40-32(5,6)7)21-26(22(2)3)20-24-14-15-29(39-9)25(19-24)13-12-17-38-8/h14-15,19,22-23,26-28,35H,10-13,16-18,20-21H2,1-9H3,(H,33,36)(H,34,37)/t23-,26+,27+,28+/m1/s1. The highest BCUT2D eigenvalue weighted by Crippen LogP contribution is 2.28. The van der Waals surface area contributed by atoms with Gasteiger partial charge in [-0.2, -0.15) is 0 Å². The molecule has 40 heavy (non-hydrogen) atoms. The van der Waals surface area contributed by atoms with E-state index < -0.39 is 23.8 Å². The third-order valence-corrected chi connectivity index (χ3v) is 7.18. The second-order valence-electron chi connectivity index (χ2n) is 12.3. The predicted octanol–water partition coefficient (Wildman–Crippen LogP) is 5.68. The van der Waals surface area contributed by atoms with E-state index in [2.05, 4.69) is 43.5 Å². The summed E-state index contributed by atoms with van der Waals surface area (Å²) in [6.45, 7) is 15.0. The number of benzene rings is 1. The first-order chi connectivity index (χ1) is 18.8. The Balaban J connectivity index is 3.11. The van der Waals surface area contributed by atoms with Gasteiger partial charge < -0.3 is 30.0 Å². The van der Waals surface area contributed by atoms with Crippen LogP contribution in [0.25, 0.3) is 0 Å². The summed E-state index contributed by atoms with van der Waals surface area (Å²) in [5, 5.41) is 17.2. The van der Waals surface area contributed by atoms with Crippen LogP contribution in [0.2, 0.25) is 0 Å². The number of unbranched alkanes of at least 4 members (excludes halogenated alkanes) is 1. The van der Waals surface area contributed by atoms with Gasteiger partial charge in [0.15, 0.2) is 0 Å². The number of alkyl carbamates (subject to hydrolysis) is 1. The molecule has 0 saturated heterocycles. The fourth-order valence-electron chi connectivity index (χ4n) is 4.75. The fraction of sp³-hybridized carbons (Fsp3) is 0.750. The fourth-order valence-corrected chi connectivity index (χ4v) is 4.75. The van der Waals surface area contributed by atoms with Gasteiger partial charge in [0.1, 0.15) is 11.4 Å². The van der Waals surface area contributed by atoms with E-state index in [4.69, 9.17) is 14.2 Å². The Morgan fingerprint density at radius 2 is 1.75 bits per heavy atom. The van der Waals surface area contributed by atoms with Gasteiger partial charge in [0.25, 0.3) is 0 Å². The molecule has 8 nitrogen and oxygen atoms in total. The van der Waals surface area contributed by atoms with Gasteiger partial charge in [-0.05, 0) is 88.3 Å². The van der Waals surface area contributed by atoms with Crippen molar-refractivity contribution in [2.75, 3.05) is 27.4 Å². The van der Waals surface area contributed by atoms with Crippen molar-refractivity contribution in [3.8, 4) is 5.75 Å². The summed E-state index contributed by atoms with van der Waals surface area (Å²) in [4.78, 5) is 25.4. The molecule has 0 heterocycles. The number of hydrogen-bond donors (Lipinski definition) is 3. The molecule has 1 aromatic rings. The summed E-state index contributed by atoms with van der Waals surface area (Å²) in [7, 11) is 3.39. The van der Waals surface area contributed by atoms with Gasteiger partial charge in [0, 0.05) is 26.2 Å². The summed E-state index contributed by atoms with van der Waals surface area (Å²) < 4.78 is 16.3. The number of ether oxygens (including phenoxy) is 3. The van der Waals surface area contributed by atoms with E-state index in [9.17, 15) is 14.7 Å². The van der Waals surface area contributed by atoms with Gasteiger partial charge in [-0.3, -0.25) is 4.79 Å². The Morgan fingerprint density at radius 1 is 1.05 bits per heavy atom. The summed E-state index contributed by atoms with van der Waals surface area (Å²) in [5.41, 5.74) is 1.67. The number of rotatable bonds is 18. The molecular formula is C32H56N2O6. The van der Waals surface area contributed by atoms with Gasteiger partial charge in [0.2, 0.25) is 5.91 Å². The quantitative estimate of drug-likeness (QED) is 0.198. The highest BCUT2D eigenvalue weighted by atomic mass is 16.6. The maximum atomic E-state index is 12.8. The summed E-state index contributed by atoms with van der Waals surface area (Å²) in [5.74, 6) is 0.867. The van der Waals surface area contributed by atoms with E-state index >= 15 is 0 Å². The van der Waals surface area contributed by atoms with Crippen LogP contribution in [0.5, 0.6) is 5.75 Å². The van der Waals surface area contributed by atoms with Crippen LogP contribution in [-0.2, 0) is 27.1 Å². The number of aryl methyl sites for hydroxylation is 1. The molecule has 0 aromatic heterocycles. The third kappa shape index (κ3) is 13.8. The van der Waals surface area contributed by atoms with Crippen LogP contribution in [-0.4, -0.2) is 62.2 Å². The molecule has 2 amide bonds. The van der Waals surface area contributed by atoms with E-state index in [1.807, 2.05) is 33.8 Å². The number of nitrogens with one attached hydrogen (secondary N) is 2. The van der Waals surface area contributed by atoms with Gasteiger partial charge in [-0.1, -0.05) is 46.2 Å². The first-order valence-electron chi connectivity index (χ1n) is 14.9. The van der Waals surface area contributed by atoms with Crippen LogP contribution in [0, 0.1) is 17.8 Å². The van der Waals surface area contributed by atoms with Crippen molar-refractivity contribution in [2.24, 2.45) is 17.8 Å². The topological polar surface area (TPSA) is 106 Å². The highest BCUT2D eigenvalue weighted by molar-refractivity contribution is 5.78. The maximum Gasteiger partial charge on any atom is 0.407 e. The molecule has 230 valence electrons. The Kier molecular flexibility index (Phi) is 16.2. The highest BCUT2D eigenvalue weighted by Gasteiger charge is 2.31. The van der Waals surface area contributed by atoms with Crippen molar-refractivity contribution in [1.29, 1.82) is 0 Å². The minimum absolute atomic E-state index is 0.0804. The number of carbonyl (C=O) groups is 2. The zero-order valence-electron chi connectivity index (χ0n) is 26.5. The van der Waals surface area contributed by atoms with Crippen molar-refractivity contribution >= 4 is 12.0 Å². The predicted molar refractivity (Wildman–Crippen MR) is 161 cm³/mol. The Morgan fingerprint density at radius 3 is 2.33 bits per heavy atom. The zero-order valence-corrected chi connectivity index (χ0v) is 26.5. The summed E-state index contributed by atoms with van der Waals surface area (Å²) in [6.07, 6.45) is 3.79. The number of amides is 2. The number of methoxy groups -OCH3 is 2. The second-order valence-corrected chi connectivity index (χ2v) is 12.3. The van der Waals surface area contributed by atoms with Crippen LogP contribution >= 0.6 is 0 Å². The maximum absolute atomic E-state index is 12.8. The molecule has 0 saturated carbocycles. The van der Waals surface area contributed by atoms with Crippen LogP contribution in [0.4, 0.5) is 4.79 Å². The van der Waals surface area contributed by atoms with Crippen molar-refractivity contribution in [1.82, 2.24) is 10.6 Å². The average Bonchev–Trinajstić information content (AvgIpc) is 2.86. The average molecular weight is 565 g/mol. The summed E-state index contributed by atoms with van der Waals surface area (Å²) >= 11 is 0. The molecule has 0 radical (unpaired) electrons. The van der Waals surface area contributed by atoms with Crippen LogP contribution in [0.15, 0.2) is 18.2 Å². The molecule has 0 aliphatic heterocycles. The normalized spacial score (nSPS) is 14.8. The lowest BCUT2D eigenvalue weighted by molar-refractivity contribution is -0.125. The summed E-state index contributed by atoms with van der Waals surface area (Å²) in [6, 6.07) is 5.73. The van der Waals surface area contributed by atoms with E-state index in [1.165, 1.54) is 5.56 Å². The molecule has 8 heteroatoms. The monoisotopic (exact) mass is 564 g/mol. The lowest BCUT2D eigenvalue weighted by Gasteiger charge is -2.32. The van der Waals surface area contributed by atoms with E-state index in [0.29, 0.717) is 25.5 Å². The van der Waals surface area contributed by atoms with Gasteiger partial charge >= 0.3 is 6.09 Å². The molecule has 0 bridgehead atoms. The lowest BCUT2D eigenvalue weighted by Crippen LogP contribution is -2.48. The third-order valence-electron chi connectivity index (χ3n) is 7.18. The first-order valence-corrected chi connectivity index (χ1v) is 14.9. The molecule has 0 unspecified atom stereocenters. The van der Waals surface area contributed by atoms with Crippen LogP contribution < -0.4 is 15.4 Å². The molecule has 1 rings (SSSR count). The minimum atomic E-state index is -0.902. The number of hydrogen-bond acceptors (Lipinski definition) is 6. The Hall–Kier alpha value is -2.32. The number of aliphatic hydroxyl groups excluding tert-OH is 1. The SMILES string of the molecule is CCCCNC(=O)[C@H](C)C[C@H](O)[C@H](C[C@H](Cc1ccc(OC)c(CCCOC)c1)C(C)C)NC(=O)OC(C)(C)C. The van der Waals surface area contributed by atoms with Gasteiger partial charge in [0.05, 0.1) is 19.3 Å². The van der Waals surface area contributed by atoms with Gasteiger partial charge in [-0.15, -0.1) is 0 Å². The van der Waals surface area contributed by atoms with Crippen LogP contribution in [0.1, 0.15) is 91.7 Å². The molecule has 0 aliphatic carbocycles. The number of carbonyl (C=O) groups excluding carboxylic acids is 2. The molecule has 0 aliphatic rings. The molecular weight excluding hydrogens is 508 g/mol. The van der Waals surface area contributed by atoms with Crippen molar-refractivity contribution in [2.45, 2.75) is 111 Å². The molecule has 3 N–H and O–H groups in total. The lowest BCUT2D eigenvalue weighted by atomic mass is 9.81. The molecule has 0 spiro atoms. The van der Waals surface area contributed by atoms with Gasteiger partial charge in [-0.25, -0.2) is 4.79 Å². The molecule has 4 atom stereocenters. The minimum Gasteiger partial charge on any atom is -0.496 e. The van der Waals surface area contributed by atoms with Crippen molar-refractivity contribution < 1.29 is 28.9 Å². The van der Waals surface area contributed by atoms with E-state index in [0.717, 1.165) is 43.4 Å². The van der Waals surface area contributed by atoms with Crippen molar-refractivity contribution in [3.63, 3.8) is 0 Å². The van der Waals surface area contributed by atoms with E-state index in [-0.39, 0.29) is 24.2 Å². The number of aliphatic hydroxyl groups is 1. The zero-order chi connectivity index (χ0) is 30.3. The Labute approximate surface area is 242 Å². The van der Waals surface area contributed by atoms with Crippen LogP contribution in [0.3, 0.4) is 0 Å².